The molecule has 1 amide bonds. The highest BCUT2D eigenvalue weighted by molar-refractivity contribution is 6.31. The van der Waals surface area contributed by atoms with Gasteiger partial charge >= 0.3 is 0 Å². The van der Waals surface area contributed by atoms with Crippen molar-refractivity contribution in [2.75, 3.05) is 13.1 Å². The summed E-state index contributed by atoms with van der Waals surface area (Å²) in [6, 6.07) is 15.0. The van der Waals surface area contributed by atoms with Crippen molar-refractivity contribution in [1.29, 1.82) is 0 Å². The Labute approximate surface area is 147 Å². The summed E-state index contributed by atoms with van der Waals surface area (Å²) in [5.41, 5.74) is 1.65. The van der Waals surface area contributed by atoms with Gasteiger partial charge < -0.3 is 4.90 Å². The van der Waals surface area contributed by atoms with Gasteiger partial charge in [-0.2, -0.15) is 0 Å². The van der Waals surface area contributed by atoms with Gasteiger partial charge in [0.15, 0.2) is 0 Å². The van der Waals surface area contributed by atoms with Gasteiger partial charge in [-0.1, -0.05) is 48.0 Å². The van der Waals surface area contributed by atoms with Gasteiger partial charge in [-0.15, -0.1) is 0 Å². The highest BCUT2D eigenvalue weighted by Gasteiger charge is 2.24. The zero-order valence-corrected chi connectivity index (χ0v) is 14.3. The second kappa shape index (κ2) is 7.80. The second-order valence-corrected chi connectivity index (χ2v) is 6.80. The van der Waals surface area contributed by atoms with E-state index in [1.54, 1.807) is 12.1 Å². The largest absolute Gasteiger partial charge is 0.342 e. The van der Waals surface area contributed by atoms with Crippen molar-refractivity contribution in [2.24, 2.45) is 5.92 Å². The fourth-order valence-electron chi connectivity index (χ4n) is 3.30. The molecule has 0 radical (unpaired) electrons. The number of carbonyl (C=O) groups excluding carboxylic acids is 1. The van der Waals surface area contributed by atoms with Crippen LogP contribution in [0.4, 0.5) is 4.39 Å². The number of benzene rings is 2. The average Bonchev–Trinajstić information content (AvgIpc) is 2.60. The lowest BCUT2D eigenvalue weighted by atomic mass is 9.90. The highest BCUT2D eigenvalue weighted by atomic mass is 35.5. The molecule has 2 nitrogen and oxygen atoms in total. The van der Waals surface area contributed by atoms with E-state index >= 15 is 0 Å². The Morgan fingerprint density at radius 2 is 1.79 bits per heavy atom. The fourth-order valence-corrected chi connectivity index (χ4v) is 3.53. The van der Waals surface area contributed by atoms with Gasteiger partial charge in [0.05, 0.1) is 6.42 Å². The fraction of sp³-hybridized carbons (Fsp3) is 0.350. The van der Waals surface area contributed by atoms with Crippen LogP contribution in [-0.2, 0) is 17.6 Å². The number of carbonyl (C=O) groups is 1. The van der Waals surface area contributed by atoms with Crippen LogP contribution in [0.5, 0.6) is 0 Å². The molecule has 2 aromatic carbocycles. The molecule has 126 valence electrons. The van der Waals surface area contributed by atoms with Crippen LogP contribution >= 0.6 is 11.6 Å². The van der Waals surface area contributed by atoms with E-state index in [-0.39, 0.29) is 12.3 Å². The van der Waals surface area contributed by atoms with E-state index in [9.17, 15) is 9.18 Å². The molecule has 1 aliphatic heterocycles. The Morgan fingerprint density at radius 3 is 2.46 bits per heavy atom. The maximum absolute atomic E-state index is 13.8. The van der Waals surface area contributed by atoms with Crippen LogP contribution in [0.2, 0.25) is 5.02 Å². The van der Waals surface area contributed by atoms with E-state index in [0.29, 0.717) is 16.5 Å². The number of hydrogen-bond acceptors (Lipinski definition) is 1. The first-order valence-electron chi connectivity index (χ1n) is 8.38. The standard InChI is InChI=1S/C20H21ClFNO/c21-18-7-4-8-19(22)17(18)14-20(24)23-11-9-16(10-12-23)13-15-5-2-1-3-6-15/h1-8,16H,9-14H2. The summed E-state index contributed by atoms with van der Waals surface area (Å²) in [6.45, 7) is 1.48. The molecule has 0 bridgehead atoms. The van der Waals surface area contributed by atoms with Gasteiger partial charge in [-0.3, -0.25) is 4.79 Å². The second-order valence-electron chi connectivity index (χ2n) is 6.39. The predicted octanol–water partition coefficient (Wildman–Crippen LogP) is 4.50. The Kier molecular flexibility index (Phi) is 5.52. The molecule has 0 saturated carbocycles. The predicted molar refractivity (Wildman–Crippen MR) is 94.6 cm³/mol. The quantitative estimate of drug-likeness (QED) is 0.798. The number of nitrogens with zero attached hydrogens (tertiary/aromatic N) is 1. The molecule has 3 rings (SSSR count). The Bertz CT molecular complexity index is 676. The molecule has 1 heterocycles. The lowest BCUT2D eigenvalue weighted by molar-refractivity contribution is -0.131. The number of likely N-dealkylation sites (tertiary alicyclic amines) is 1. The number of piperidine rings is 1. The van der Waals surface area contributed by atoms with Crippen LogP contribution < -0.4 is 0 Å². The third kappa shape index (κ3) is 4.15. The highest BCUT2D eigenvalue weighted by Crippen LogP contribution is 2.24. The Hall–Kier alpha value is -1.87. The van der Waals surface area contributed by atoms with E-state index in [1.165, 1.54) is 11.6 Å². The molecule has 2 aromatic rings. The van der Waals surface area contributed by atoms with Crippen LogP contribution in [0.25, 0.3) is 0 Å². The van der Waals surface area contributed by atoms with E-state index in [1.807, 2.05) is 11.0 Å². The number of halogens is 2. The van der Waals surface area contributed by atoms with Crippen molar-refractivity contribution in [3.63, 3.8) is 0 Å². The van der Waals surface area contributed by atoms with Crippen LogP contribution in [-0.4, -0.2) is 23.9 Å². The molecule has 24 heavy (non-hydrogen) atoms. The molecule has 1 saturated heterocycles. The first-order valence-corrected chi connectivity index (χ1v) is 8.76. The topological polar surface area (TPSA) is 20.3 Å². The molecule has 1 aliphatic rings. The minimum atomic E-state index is -0.408. The molecule has 0 unspecified atom stereocenters. The minimum absolute atomic E-state index is 0.0366. The SMILES string of the molecule is O=C(Cc1c(F)cccc1Cl)N1CCC(Cc2ccccc2)CC1. The number of amides is 1. The Morgan fingerprint density at radius 1 is 1.08 bits per heavy atom. The number of rotatable bonds is 4. The molecule has 0 aliphatic carbocycles. The monoisotopic (exact) mass is 345 g/mol. The minimum Gasteiger partial charge on any atom is -0.342 e. The summed E-state index contributed by atoms with van der Waals surface area (Å²) < 4.78 is 13.8. The van der Waals surface area contributed by atoms with Crippen LogP contribution in [0.3, 0.4) is 0 Å². The van der Waals surface area contributed by atoms with Gasteiger partial charge in [0.25, 0.3) is 0 Å². The number of hydrogen-bond donors (Lipinski definition) is 0. The maximum atomic E-state index is 13.8. The molecular formula is C20H21ClFNO. The zero-order valence-electron chi connectivity index (χ0n) is 13.6. The zero-order chi connectivity index (χ0) is 16.9. The molecule has 4 heteroatoms. The lowest BCUT2D eigenvalue weighted by Crippen LogP contribution is -2.39. The average molecular weight is 346 g/mol. The normalized spacial score (nSPS) is 15.5. The van der Waals surface area contributed by atoms with Gasteiger partial charge in [-0.05, 0) is 42.9 Å². The van der Waals surface area contributed by atoms with Gasteiger partial charge in [0, 0.05) is 23.7 Å². The third-order valence-corrected chi connectivity index (χ3v) is 5.08. The van der Waals surface area contributed by atoms with E-state index in [4.69, 9.17) is 11.6 Å². The molecule has 0 spiro atoms. The molecule has 1 fully saturated rings. The smallest absolute Gasteiger partial charge is 0.227 e. The Balaban J connectivity index is 1.54. The van der Waals surface area contributed by atoms with Crippen molar-refractivity contribution in [2.45, 2.75) is 25.7 Å². The van der Waals surface area contributed by atoms with E-state index in [2.05, 4.69) is 24.3 Å². The van der Waals surface area contributed by atoms with Crippen LogP contribution in [0.1, 0.15) is 24.0 Å². The summed E-state index contributed by atoms with van der Waals surface area (Å²) in [5.74, 6) is 0.156. The first-order chi connectivity index (χ1) is 11.6. The van der Waals surface area contributed by atoms with Crippen LogP contribution in [0.15, 0.2) is 48.5 Å². The molecule has 0 N–H and O–H groups in total. The maximum Gasteiger partial charge on any atom is 0.227 e. The van der Waals surface area contributed by atoms with Crippen molar-refractivity contribution < 1.29 is 9.18 Å². The van der Waals surface area contributed by atoms with Crippen molar-refractivity contribution in [3.8, 4) is 0 Å². The summed E-state index contributed by atoms with van der Waals surface area (Å²) in [7, 11) is 0. The summed E-state index contributed by atoms with van der Waals surface area (Å²) in [4.78, 5) is 14.3. The summed E-state index contributed by atoms with van der Waals surface area (Å²) in [6.07, 6.45) is 3.08. The third-order valence-electron chi connectivity index (χ3n) is 4.72. The summed E-state index contributed by atoms with van der Waals surface area (Å²) >= 11 is 6.02. The molecular weight excluding hydrogens is 325 g/mol. The van der Waals surface area contributed by atoms with Crippen molar-refractivity contribution >= 4 is 17.5 Å². The summed E-state index contributed by atoms with van der Waals surface area (Å²) in [5, 5.41) is 0.322. The molecule has 0 atom stereocenters. The lowest BCUT2D eigenvalue weighted by Gasteiger charge is -2.32. The van der Waals surface area contributed by atoms with Crippen LogP contribution in [0, 0.1) is 11.7 Å². The van der Waals surface area contributed by atoms with E-state index < -0.39 is 5.82 Å². The van der Waals surface area contributed by atoms with Gasteiger partial charge in [0.2, 0.25) is 5.91 Å². The van der Waals surface area contributed by atoms with Crippen molar-refractivity contribution in [1.82, 2.24) is 4.90 Å². The first kappa shape index (κ1) is 17.0. The van der Waals surface area contributed by atoms with E-state index in [0.717, 1.165) is 32.4 Å². The van der Waals surface area contributed by atoms with Gasteiger partial charge in [-0.25, -0.2) is 4.39 Å². The molecule has 0 aromatic heterocycles. The van der Waals surface area contributed by atoms with Gasteiger partial charge in [0.1, 0.15) is 5.82 Å². The van der Waals surface area contributed by atoms with Crippen molar-refractivity contribution in [3.05, 3.63) is 70.5 Å².